The first-order chi connectivity index (χ1) is 8.09. The summed E-state index contributed by atoms with van der Waals surface area (Å²) in [5, 5.41) is 0. The summed E-state index contributed by atoms with van der Waals surface area (Å²) in [7, 11) is 0. The summed E-state index contributed by atoms with van der Waals surface area (Å²) in [4.78, 5) is 24.7. The van der Waals surface area contributed by atoms with E-state index in [-0.39, 0.29) is 12.2 Å². The van der Waals surface area contributed by atoms with E-state index in [0.717, 1.165) is 12.8 Å². The second-order valence-electron chi connectivity index (χ2n) is 5.62. The maximum atomic E-state index is 11.9. The van der Waals surface area contributed by atoms with Gasteiger partial charge in [-0.05, 0) is 37.5 Å². The van der Waals surface area contributed by atoms with Crippen molar-refractivity contribution in [2.24, 2.45) is 17.6 Å². The highest BCUT2D eigenvalue weighted by Crippen LogP contribution is 2.35. The van der Waals surface area contributed by atoms with Crippen LogP contribution in [0.15, 0.2) is 0 Å². The number of nitrogens with zero attached hydrogens (tertiary/aromatic N) is 1. The van der Waals surface area contributed by atoms with E-state index in [1.54, 1.807) is 4.90 Å². The van der Waals surface area contributed by atoms with Crippen LogP contribution in [0.1, 0.15) is 45.4 Å². The molecule has 2 atom stereocenters. The minimum absolute atomic E-state index is 0. The van der Waals surface area contributed by atoms with Crippen molar-refractivity contribution < 1.29 is 9.59 Å². The Kier molecular flexibility index (Phi) is 5.14. The van der Waals surface area contributed by atoms with Crippen LogP contribution >= 0.6 is 0 Å². The lowest BCUT2D eigenvalue weighted by molar-refractivity contribution is -0.148. The van der Waals surface area contributed by atoms with Crippen LogP contribution in [0.5, 0.6) is 0 Å². The van der Waals surface area contributed by atoms with E-state index in [1.807, 2.05) is 0 Å². The fraction of sp³-hybridized carbons (Fsp3) is 0.846. The van der Waals surface area contributed by atoms with Crippen LogP contribution in [0.4, 0.5) is 0 Å². The van der Waals surface area contributed by atoms with Gasteiger partial charge >= 0.3 is 11.8 Å². The molecule has 0 bridgehead atoms. The predicted molar refractivity (Wildman–Crippen MR) is 70.1 cm³/mol. The number of carbonyl (C=O) groups excluding carboxylic acids is 2. The molecule has 2 rings (SSSR count). The number of hydrogen-bond acceptors (Lipinski definition) is 3. The van der Waals surface area contributed by atoms with Gasteiger partial charge in [0.2, 0.25) is 0 Å². The van der Waals surface area contributed by atoms with E-state index in [1.165, 1.54) is 25.7 Å². The molecule has 5 heteroatoms. The second kappa shape index (κ2) is 6.18. The van der Waals surface area contributed by atoms with Crippen molar-refractivity contribution in [3.8, 4) is 0 Å². The third kappa shape index (κ3) is 3.02. The fourth-order valence-corrected chi connectivity index (χ4v) is 3.38. The number of primary amides is 1. The van der Waals surface area contributed by atoms with Crippen LogP contribution in [0.3, 0.4) is 0 Å². The molecule has 5 N–H and O–H groups in total. The van der Waals surface area contributed by atoms with Gasteiger partial charge in [-0.1, -0.05) is 19.8 Å². The first kappa shape index (κ1) is 15.0. The Labute approximate surface area is 109 Å². The van der Waals surface area contributed by atoms with Gasteiger partial charge in [-0.3, -0.25) is 9.59 Å². The molecule has 1 saturated carbocycles. The van der Waals surface area contributed by atoms with Crippen LogP contribution in [0, 0.1) is 11.8 Å². The minimum Gasteiger partial charge on any atom is -0.361 e. The number of hydrogen-bond donors (Lipinski definition) is 2. The van der Waals surface area contributed by atoms with Crippen LogP contribution in [-0.4, -0.2) is 29.3 Å². The van der Waals surface area contributed by atoms with E-state index in [0.29, 0.717) is 18.4 Å². The zero-order valence-electron chi connectivity index (χ0n) is 11.2. The summed E-state index contributed by atoms with van der Waals surface area (Å²) >= 11 is 0. The highest BCUT2D eigenvalue weighted by Gasteiger charge is 2.37. The van der Waals surface area contributed by atoms with Gasteiger partial charge in [0.1, 0.15) is 0 Å². The smallest absolute Gasteiger partial charge is 0.311 e. The number of piperidine rings is 1. The van der Waals surface area contributed by atoms with Crippen molar-refractivity contribution in [2.45, 2.75) is 51.5 Å². The van der Waals surface area contributed by atoms with Crippen molar-refractivity contribution >= 4 is 11.8 Å². The SMILES string of the molecule is CC1CCC(C2CCCC2)N(C(=O)C(N)=O)C1.N. The van der Waals surface area contributed by atoms with Gasteiger partial charge in [-0.25, -0.2) is 0 Å². The van der Waals surface area contributed by atoms with Crippen molar-refractivity contribution in [2.75, 3.05) is 6.54 Å². The summed E-state index contributed by atoms with van der Waals surface area (Å²) in [6, 6.07) is 0.258. The normalized spacial score (nSPS) is 28.8. The van der Waals surface area contributed by atoms with Crippen molar-refractivity contribution in [1.82, 2.24) is 11.1 Å². The van der Waals surface area contributed by atoms with Gasteiger partial charge in [0.05, 0.1) is 0 Å². The molecular formula is C13H25N3O2. The summed E-state index contributed by atoms with van der Waals surface area (Å²) in [6.07, 6.45) is 7.10. The number of nitrogens with two attached hydrogens (primary N) is 1. The lowest BCUT2D eigenvalue weighted by Crippen LogP contribution is -2.53. The van der Waals surface area contributed by atoms with E-state index in [2.05, 4.69) is 6.92 Å². The Balaban J connectivity index is 0.00000162. The molecule has 1 saturated heterocycles. The van der Waals surface area contributed by atoms with Crippen LogP contribution in [0.25, 0.3) is 0 Å². The van der Waals surface area contributed by atoms with Gasteiger partial charge in [0.25, 0.3) is 0 Å². The Morgan fingerprint density at radius 1 is 1.11 bits per heavy atom. The molecular weight excluding hydrogens is 230 g/mol. The standard InChI is InChI=1S/C13H22N2O2.H3N/c1-9-6-7-11(10-4-2-3-5-10)15(8-9)13(17)12(14)16;/h9-11H,2-8H2,1H3,(H2,14,16);1H3. The summed E-state index contributed by atoms with van der Waals surface area (Å²) in [5.74, 6) is -0.211. The lowest BCUT2D eigenvalue weighted by Gasteiger charge is -2.41. The van der Waals surface area contributed by atoms with Crippen LogP contribution in [0.2, 0.25) is 0 Å². The molecule has 18 heavy (non-hydrogen) atoms. The Hall–Kier alpha value is -1.10. The van der Waals surface area contributed by atoms with Crippen LogP contribution < -0.4 is 11.9 Å². The molecule has 1 heterocycles. The molecule has 2 aliphatic rings. The fourth-order valence-electron chi connectivity index (χ4n) is 3.38. The largest absolute Gasteiger partial charge is 0.361 e. The molecule has 0 aromatic carbocycles. The lowest BCUT2D eigenvalue weighted by atomic mass is 9.85. The van der Waals surface area contributed by atoms with E-state index in [9.17, 15) is 9.59 Å². The first-order valence-corrected chi connectivity index (χ1v) is 6.70. The van der Waals surface area contributed by atoms with Crippen molar-refractivity contribution in [3.05, 3.63) is 0 Å². The third-order valence-corrected chi connectivity index (χ3v) is 4.28. The minimum atomic E-state index is -0.804. The van der Waals surface area contributed by atoms with E-state index < -0.39 is 11.8 Å². The van der Waals surface area contributed by atoms with Gasteiger partial charge in [0, 0.05) is 12.6 Å². The number of rotatable bonds is 1. The molecule has 0 spiro atoms. The Morgan fingerprint density at radius 3 is 2.28 bits per heavy atom. The molecule has 104 valence electrons. The van der Waals surface area contributed by atoms with Gasteiger partial charge < -0.3 is 16.8 Å². The molecule has 1 aliphatic heterocycles. The zero-order valence-corrected chi connectivity index (χ0v) is 11.2. The van der Waals surface area contributed by atoms with Crippen LogP contribution in [-0.2, 0) is 9.59 Å². The quantitative estimate of drug-likeness (QED) is 0.694. The van der Waals surface area contributed by atoms with E-state index in [4.69, 9.17) is 5.73 Å². The highest BCUT2D eigenvalue weighted by atomic mass is 16.2. The van der Waals surface area contributed by atoms with E-state index >= 15 is 0 Å². The maximum Gasteiger partial charge on any atom is 0.311 e. The molecule has 1 aliphatic carbocycles. The summed E-state index contributed by atoms with van der Waals surface area (Å²) in [6.45, 7) is 2.83. The Morgan fingerprint density at radius 2 is 1.72 bits per heavy atom. The summed E-state index contributed by atoms with van der Waals surface area (Å²) < 4.78 is 0. The predicted octanol–water partition coefficient (Wildman–Crippen LogP) is 1.45. The number of likely N-dealkylation sites (tertiary alicyclic amines) is 1. The number of amides is 2. The molecule has 2 fully saturated rings. The molecule has 0 aromatic rings. The average molecular weight is 255 g/mol. The molecule has 0 radical (unpaired) electrons. The average Bonchev–Trinajstić information content (AvgIpc) is 2.81. The molecule has 2 unspecified atom stereocenters. The zero-order chi connectivity index (χ0) is 12.4. The summed E-state index contributed by atoms with van der Waals surface area (Å²) in [5.41, 5.74) is 5.14. The third-order valence-electron chi connectivity index (χ3n) is 4.28. The molecule has 2 amide bonds. The van der Waals surface area contributed by atoms with Gasteiger partial charge in [-0.2, -0.15) is 0 Å². The highest BCUT2D eigenvalue weighted by molar-refractivity contribution is 6.34. The number of carbonyl (C=O) groups is 2. The topological polar surface area (TPSA) is 98.4 Å². The first-order valence-electron chi connectivity index (χ1n) is 6.70. The Bertz CT molecular complexity index is 313. The molecule has 0 aromatic heterocycles. The van der Waals surface area contributed by atoms with Crippen molar-refractivity contribution in [1.29, 1.82) is 0 Å². The second-order valence-corrected chi connectivity index (χ2v) is 5.62. The van der Waals surface area contributed by atoms with Gasteiger partial charge in [0.15, 0.2) is 0 Å². The van der Waals surface area contributed by atoms with Crippen molar-refractivity contribution in [3.63, 3.8) is 0 Å². The van der Waals surface area contributed by atoms with Gasteiger partial charge in [-0.15, -0.1) is 0 Å². The maximum absolute atomic E-state index is 11.9. The molecule has 5 nitrogen and oxygen atoms in total. The monoisotopic (exact) mass is 255 g/mol.